The SMILES string of the molecule is FCCN(CCCl)C1CCCCC1. The van der Waals surface area contributed by atoms with Crippen molar-refractivity contribution in [1.29, 1.82) is 0 Å². The second kappa shape index (κ2) is 6.61. The summed E-state index contributed by atoms with van der Waals surface area (Å²) < 4.78 is 12.2. The van der Waals surface area contributed by atoms with Crippen LogP contribution in [0.1, 0.15) is 32.1 Å². The largest absolute Gasteiger partial charge is 0.297 e. The van der Waals surface area contributed by atoms with Crippen LogP contribution in [0.5, 0.6) is 0 Å². The standard InChI is InChI=1S/C10H19ClFN/c11-6-8-13(9-7-12)10-4-2-1-3-5-10/h10H,1-9H2. The van der Waals surface area contributed by atoms with E-state index >= 15 is 0 Å². The monoisotopic (exact) mass is 207 g/mol. The van der Waals surface area contributed by atoms with Crippen LogP contribution in [0.4, 0.5) is 4.39 Å². The molecular formula is C10H19ClFN. The summed E-state index contributed by atoms with van der Waals surface area (Å²) in [5, 5.41) is 0. The van der Waals surface area contributed by atoms with E-state index in [4.69, 9.17) is 11.6 Å². The first-order valence-corrected chi connectivity index (χ1v) is 5.78. The lowest BCUT2D eigenvalue weighted by Crippen LogP contribution is -2.39. The third-order valence-electron chi connectivity index (χ3n) is 2.83. The number of nitrogens with zero attached hydrogens (tertiary/aromatic N) is 1. The third-order valence-corrected chi connectivity index (χ3v) is 3.00. The smallest absolute Gasteiger partial charge is 0.102 e. The van der Waals surface area contributed by atoms with E-state index in [2.05, 4.69) is 4.90 Å². The van der Waals surface area contributed by atoms with Gasteiger partial charge < -0.3 is 0 Å². The summed E-state index contributed by atoms with van der Waals surface area (Å²) in [4.78, 5) is 2.21. The maximum absolute atomic E-state index is 12.2. The van der Waals surface area contributed by atoms with Gasteiger partial charge in [0.2, 0.25) is 0 Å². The molecule has 0 aliphatic heterocycles. The second-order valence-electron chi connectivity index (χ2n) is 3.71. The lowest BCUT2D eigenvalue weighted by atomic mass is 9.94. The molecule has 1 nitrogen and oxygen atoms in total. The van der Waals surface area contributed by atoms with Gasteiger partial charge in [-0.05, 0) is 12.8 Å². The van der Waals surface area contributed by atoms with Crippen LogP contribution < -0.4 is 0 Å². The maximum atomic E-state index is 12.2. The summed E-state index contributed by atoms with van der Waals surface area (Å²) in [7, 11) is 0. The molecule has 0 aromatic carbocycles. The molecule has 13 heavy (non-hydrogen) atoms. The van der Waals surface area contributed by atoms with Gasteiger partial charge in [-0.1, -0.05) is 19.3 Å². The molecule has 1 aliphatic carbocycles. The quantitative estimate of drug-likeness (QED) is 0.627. The van der Waals surface area contributed by atoms with Crippen LogP contribution in [0.25, 0.3) is 0 Å². The Bertz CT molecular complexity index is 120. The Kier molecular flexibility index (Phi) is 5.72. The minimum Gasteiger partial charge on any atom is -0.297 e. The molecule has 78 valence electrons. The Balaban J connectivity index is 2.32. The zero-order chi connectivity index (χ0) is 9.52. The summed E-state index contributed by atoms with van der Waals surface area (Å²) in [6.07, 6.45) is 6.42. The first-order chi connectivity index (χ1) is 6.38. The van der Waals surface area contributed by atoms with Gasteiger partial charge in [-0.2, -0.15) is 0 Å². The molecule has 0 heterocycles. The fourth-order valence-electron chi connectivity index (χ4n) is 2.14. The molecule has 0 saturated heterocycles. The number of hydrogen-bond acceptors (Lipinski definition) is 1. The van der Waals surface area contributed by atoms with Gasteiger partial charge in [-0.3, -0.25) is 4.90 Å². The number of rotatable bonds is 5. The Morgan fingerprint density at radius 2 is 1.85 bits per heavy atom. The van der Waals surface area contributed by atoms with E-state index < -0.39 is 0 Å². The van der Waals surface area contributed by atoms with Gasteiger partial charge in [0.05, 0.1) is 0 Å². The second-order valence-corrected chi connectivity index (χ2v) is 4.08. The molecule has 1 aliphatic rings. The van der Waals surface area contributed by atoms with Gasteiger partial charge in [-0.15, -0.1) is 11.6 Å². The average molecular weight is 208 g/mol. The highest BCUT2D eigenvalue weighted by Gasteiger charge is 2.19. The molecule has 0 aromatic heterocycles. The van der Waals surface area contributed by atoms with E-state index in [0.717, 1.165) is 6.54 Å². The molecule has 1 rings (SSSR count). The van der Waals surface area contributed by atoms with Crippen LogP contribution in [0.15, 0.2) is 0 Å². The van der Waals surface area contributed by atoms with Gasteiger partial charge in [0, 0.05) is 25.0 Å². The molecule has 0 atom stereocenters. The Hall–Kier alpha value is 0.180. The van der Waals surface area contributed by atoms with Crippen molar-refractivity contribution in [3.05, 3.63) is 0 Å². The minimum atomic E-state index is -0.243. The van der Waals surface area contributed by atoms with Crippen LogP contribution in [-0.4, -0.2) is 36.6 Å². The van der Waals surface area contributed by atoms with Crippen molar-refractivity contribution >= 4 is 11.6 Å². The molecule has 1 saturated carbocycles. The van der Waals surface area contributed by atoms with Gasteiger partial charge in [-0.25, -0.2) is 4.39 Å². The van der Waals surface area contributed by atoms with Crippen molar-refractivity contribution < 1.29 is 4.39 Å². The summed E-state index contributed by atoms with van der Waals surface area (Å²) in [6, 6.07) is 0.600. The van der Waals surface area contributed by atoms with Crippen LogP contribution in [-0.2, 0) is 0 Å². The fourth-order valence-corrected chi connectivity index (χ4v) is 2.36. The predicted molar refractivity (Wildman–Crippen MR) is 55.1 cm³/mol. The topological polar surface area (TPSA) is 3.24 Å². The first kappa shape index (κ1) is 11.3. The molecule has 0 unspecified atom stereocenters. The molecule has 0 amide bonds. The maximum Gasteiger partial charge on any atom is 0.102 e. The molecular weight excluding hydrogens is 189 g/mol. The van der Waals surface area contributed by atoms with Crippen molar-refractivity contribution in [3.8, 4) is 0 Å². The number of halogens is 2. The van der Waals surface area contributed by atoms with E-state index in [9.17, 15) is 4.39 Å². The van der Waals surface area contributed by atoms with Crippen molar-refractivity contribution in [2.24, 2.45) is 0 Å². The van der Waals surface area contributed by atoms with Crippen LogP contribution in [0.3, 0.4) is 0 Å². The summed E-state index contributed by atoms with van der Waals surface area (Å²) in [6.45, 7) is 1.17. The Morgan fingerprint density at radius 3 is 2.38 bits per heavy atom. The average Bonchev–Trinajstić information content (AvgIpc) is 2.19. The zero-order valence-electron chi connectivity index (χ0n) is 8.14. The molecule has 1 fully saturated rings. The van der Waals surface area contributed by atoms with E-state index in [1.165, 1.54) is 32.1 Å². The summed E-state index contributed by atoms with van der Waals surface area (Å²) >= 11 is 5.69. The van der Waals surface area contributed by atoms with Gasteiger partial charge in [0.1, 0.15) is 6.67 Å². The van der Waals surface area contributed by atoms with Crippen LogP contribution >= 0.6 is 11.6 Å². The molecule has 0 radical (unpaired) electrons. The molecule has 0 N–H and O–H groups in total. The van der Waals surface area contributed by atoms with E-state index in [-0.39, 0.29) is 6.67 Å². The number of hydrogen-bond donors (Lipinski definition) is 0. The Morgan fingerprint density at radius 1 is 1.15 bits per heavy atom. The Labute approximate surface area is 85.2 Å². The first-order valence-electron chi connectivity index (χ1n) is 5.24. The number of alkyl halides is 2. The predicted octanol–water partition coefficient (Wildman–Crippen LogP) is 2.83. The highest BCUT2D eigenvalue weighted by Crippen LogP contribution is 2.22. The molecule has 0 aromatic rings. The van der Waals surface area contributed by atoms with Gasteiger partial charge >= 0.3 is 0 Å². The summed E-state index contributed by atoms with van der Waals surface area (Å²) in [5.41, 5.74) is 0. The molecule has 3 heteroatoms. The van der Waals surface area contributed by atoms with Crippen LogP contribution in [0.2, 0.25) is 0 Å². The van der Waals surface area contributed by atoms with Gasteiger partial charge in [0.25, 0.3) is 0 Å². The van der Waals surface area contributed by atoms with Crippen LogP contribution in [0, 0.1) is 0 Å². The van der Waals surface area contributed by atoms with E-state index in [0.29, 0.717) is 18.5 Å². The minimum absolute atomic E-state index is 0.243. The molecule has 0 spiro atoms. The fraction of sp³-hybridized carbons (Fsp3) is 1.00. The summed E-state index contributed by atoms with van der Waals surface area (Å²) in [5.74, 6) is 0.622. The highest BCUT2D eigenvalue weighted by molar-refractivity contribution is 6.18. The normalized spacial score (nSPS) is 19.6. The van der Waals surface area contributed by atoms with Crippen molar-refractivity contribution in [3.63, 3.8) is 0 Å². The van der Waals surface area contributed by atoms with E-state index in [1.54, 1.807) is 0 Å². The van der Waals surface area contributed by atoms with Crippen molar-refractivity contribution in [2.45, 2.75) is 38.1 Å². The van der Waals surface area contributed by atoms with E-state index in [1.807, 2.05) is 0 Å². The molecule has 0 bridgehead atoms. The zero-order valence-corrected chi connectivity index (χ0v) is 8.90. The lowest BCUT2D eigenvalue weighted by Gasteiger charge is -2.33. The van der Waals surface area contributed by atoms with Crippen molar-refractivity contribution in [2.75, 3.05) is 25.6 Å². The highest BCUT2D eigenvalue weighted by atomic mass is 35.5. The van der Waals surface area contributed by atoms with Gasteiger partial charge in [0.15, 0.2) is 0 Å². The third kappa shape index (κ3) is 3.82. The lowest BCUT2D eigenvalue weighted by molar-refractivity contribution is 0.153. The van der Waals surface area contributed by atoms with Crippen molar-refractivity contribution in [1.82, 2.24) is 4.90 Å².